The van der Waals surface area contributed by atoms with E-state index >= 15 is 0 Å². The van der Waals surface area contributed by atoms with Gasteiger partial charge in [-0.25, -0.2) is 0 Å². The van der Waals surface area contributed by atoms with Crippen LogP contribution < -0.4 is 4.74 Å². The molecule has 3 aromatic rings. The van der Waals surface area contributed by atoms with Gasteiger partial charge in [-0.05, 0) is 42.1 Å². The molecule has 3 aromatic carbocycles. The van der Waals surface area contributed by atoms with Crippen molar-refractivity contribution in [2.24, 2.45) is 4.99 Å². The van der Waals surface area contributed by atoms with Gasteiger partial charge in [0.15, 0.2) is 0 Å². The number of ether oxygens (including phenoxy) is 1. The van der Waals surface area contributed by atoms with Crippen LogP contribution >= 0.6 is 11.6 Å². The first-order valence-corrected chi connectivity index (χ1v) is 7.43. The van der Waals surface area contributed by atoms with E-state index < -0.39 is 0 Å². The third-order valence-electron chi connectivity index (χ3n) is 3.72. The van der Waals surface area contributed by atoms with Gasteiger partial charge in [0, 0.05) is 22.2 Å². The van der Waals surface area contributed by atoms with Gasteiger partial charge in [0.2, 0.25) is 0 Å². The van der Waals surface area contributed by atoms with Crippen LogP contribution in [0.3, 0.4) is 0 Å². The molecule has 0 spiro atoms. The second-order valence-corrected chi connectivity index (χ2v) is 5.45. The summed E-state index contributed by atoms with van der Waals surface area (Å²) in [6.07, 6.45) is 1.88. The highest BCUT2D eigenvalue weighted by molar-refractivity contribution is 6.31. The summed E-state index contributed by atoms with van der Waals surface area (Å²) >= 11 is 6.14. The highest BCUT2D eigenvalue weighted by Crippen LogP contribution is 2.29. The SMILES string of the molecule is COc1ccc(C=Nc2cccc(Cl)c2C)c2ccccc12. The van der Waals surface area contributed by atoms with Gasteiger partial charge in [-0.2, -0.15) is 0 Å². The summed E-state index contributed by atoms with van der Waals surface area (Å²) in [6.45, 7) is 1.97. The summed E-state index contributed by atoms with van der Waals surface area (Å²) in [6, 6.07) is 17.9. The van der Waals surface area contributed by atoms with Crippen molar-refractivity contribution in [3.8, 4) is 5.75 Å². The molecular formula is C19H16ClNO. The van der Waals surface area contributed by atoms with Gasteiger partial charge in [0.1, 0.15) is 5.75 Å². The Kier molecular flexibility index (Phi) is 4.12. The lowest BCUT2D eigenvalue weighted by molar-refractivity contribution is 0.420. The zero-order chi connectivity index (χ0) is 15.5. The number of hydrogen-bond donors (Lipinski definition) is 0. The van der Waals surface area contributed by atoms with Crippen LogP contribution in [0.25, 0.3) is 10.8 Å². The molecule has 3 rings (SSSR count). The van der Waals surface area contributed by atoms with E-state index in [0.717, 1.165) is 38.4 Å². The fraction of sp³-hybridized carbons (Fsp3) is 0.105. The predicted molar refractivity (Wildman–Crippen MR) is 93.9 cm³/mol. The van der Waals surface area contributed by atoms with Crippen LogP contribution in [0, 0.1) is 6.92 Å². The van der Waals surface area contributed by atoms with Crippen LogP contribution in [-0.2, 0) is 0 Å². The van der Waals surface area contributed by atoms with Crippen molar-refractivity contribution in [3.63, 3.8) is 0 Å². The molecule has 0 aliphatic heterocycles. The van der Waals surface area contributed by atoms with Crippen LogP contribution in [0.1, 0.15) is 11.1 Å². The molecular weight excluding hydrogens is 294 g/mol. The summed E-state index contributed by atoms with van der Waals surface area (Å²) < 4.78 is 5.42. The Morgan fingerprint density at radius 3 is 2.50 bits per heavy atom. The molecule has 0 N–H and O–H groups in total. The van der Waals surface area contributed by atoms with Gasteiger partial charge >= 0.3 is 0 Å². The van der Waals surface area contributed by atoms with E-state index in [1.165, 1.54) is 0 Å². The van der Waals surface area contributed by atoms with E-state index in [2.05, 4.69) is 17.1 Å². The first kappa shape index (κ1) is 14.6. The minimum atomic E-state index is 0.731. The maximum atomic E-state index is 6.14. The number of fused-ring (bicyclic) bond motifs is 1. The average molecular weight is 310 g/mol. The van der Waals surface area contributed by atoms with Crippen LogP contribution in [0.2, 0.25) is 5.02 Å². The first-order chi connectivity index (χ1) is 10.7. The molecule has 0 radical (unpaired) electrons. The minimum absolute atomic E-state index is 0.731. The normalized spacial score (nSPS) is 11.2. The van der Waals surface area contributed by atoms with E-state index in [1.54, 1.807) is 7.11 Å². The Morgan fingerprint density at radius 2 is 1.73 bits per heavy atom. The van der Waals surface area contributed by atoms with Gasteiger partial charge in [-0.1, -0.05) is 41.9 Å². The number of rotatable bonds is 3. The average Bonchev–Trinajstić information content (AvgIpc) is 2.56. The van der Waals surface area contributed by atoms with Gasteiger partial charge in [0.05, 0.1) is 12.8 Å². The second kappa shape index (κ2) is 6.20. The molecule has 2 nitrogen and oxygen atoms in total. The van der Waals surface area contributed by atoms with Crippen molar-refractivity contribution >= 4 is 34.3 Å². The highest BCUT2D eigenvalue weighted by atomic mass is 35.5. The zero-order valence-corrected chi connectivity index (χ0v) is 13.3. The molecule has 0 saturated heterocycles. The minimum Gasteiger partial charge on any atom is -0.496 e. The molecule has 0 atom stereocenters. The second-order valence-electron chi connectivity index (χ2n) is 5.04. The fourth-order valence-corrected chi connectivity index (χ4v) is 2.63. The number of benzene rings is 3. The molecule has 0 fully saturated rings. The van der Waals surface area contributed by atoms with Crippen molar-refractivity contribution in [2.75, 3.05) is 7.11 Å². The van der Waals surface area contributed by atoms with Crippen LogP contribution in [0.5, 0.6) is 5.75 Å². The number of hydrogen-bond acceptors (Lipinski definition) is 2. The monoisotopic (exact) mass is 309 g/mol. The largest absolute Gasteiger partial charge is 0.496 e. The standard InChI is InChI=1S/C19H16ClNO/c1-13-17(20)8-5-9-18(13)21-12-14-10-11-19(22-2)16-7-4-3-6-15(14)16/h3-12H,1-2H3. The van der Waals surface area contributed by atoms with Gasteiger partial charge in [-0.15, -0.1) is 0 Å². The van der Waals surface area contributed by atoms with Crippen molar-refractivity contribution in [1.82, 2.24) is 0 Å². The maximum Gasteiger partial charge on any atom is 0.126 e. The molecule has 0 aromatic heterocycles. The Hall–Kier alpha value is -2.32. The Morgan fingerprint density at radius 1 is 0.955 bits per heavy atom. The molecule has 0 heterocycles. The van der Waals surface area contributed by atoms with E-state index in [4.69, 9.17) is 16.3 Å². The molecule has 3 heteroatoms. The van der Waals surface area contributed by atoms with E-state index in [1.807, 2.05) is 55.6 Å². The first-order valence-electron chi connectivity index (χ1n) is 7.05. The van der Waals surface area contributed by atoms with Gasteiger partial charge < -0.3 is 4.74 Å². The molecule has 0 unspecified atom stereocenters. The van der Waals surface area contributed by atoms with Crippen molar-refractivity contribution in [1.29, 1.82) is 0 Å². The van der Waals surface area contributed by atoms with Crippen molar-refractivity contribution in [2.45, 2.75) is 6.92 Å². The highest BCUT2D eigenvalue weighted by Gasteiger charge is 2.05. The number of aliphatic imine (C=N–C) groups is 1. The predicted octanol–water partition coefficient (Wildman–Crippen LogP) is 5.56. The lowest BCUT2D eigenvalue weighted by atomic mass is 10.0. The zero-order valence-electron chi connectivity index (χ0n) is 12.5. The number of nitrogens with zero attached hydrogens (tertiary/aromatic N) is 1. The molecule has 0 aliphatic rings. The van der Waals surface area contributed by atoms with Crippen LogP contribution in [-0.4, -0.2) is 13.3 Å². The summed E-state index contributed by atoms with van der Waals surface area (Å²) in [4.78, 5) is 4.59. The molecule has 0 aliphatic carbocycles. The lowest BCUT2D eigenvalue weighted by Crippen LogP contribution is -1.89. The number of methoxy groups -OCH3 is 1. The summed E-state index contributed by atoms with van der Waals surface area (Å²) in [5.74, 6) is 0.867. The van der Waals surface area contributed by atoms with Gasteiger partial charge in [-0.3, -0.25) is 4.99 Å². The Bertz CT molecular complexity index is 855. The molecule has 0 bridgehead atoms. The molecule has 110 valence electrons. The summed E-state index contributed by atoms with van der Waals surface area (Å²) in [7, 11) is 1.69. The van der Waals surface area contributed by atoms with E-state index in [9.17, 15) is 0 Å². The van der Waals surface area contributed by atoms with Crippen LogP contribution in [0.4, 0.5) is 5.69 Å². The van der Waals surface area contributed by atoms with Crippen molar-refractivity contribution in [3.05, 3.63) is 70.7 Å². The topological polar surface area (TPSA) is 21.6 Å². The van der Waals surface area contributed by atoms with E-state index in [0.29, 0.717) is 0 Å². The van der Waals surface area contributed by atoms with Crippen LogP contribution in [0.15, 0.2) is 59.6 Å². The maximum absolute atomic E-state index is 6.14. The Balaban J connectivity index is 2.08. The summed E-state index contributed by atoms with van der Waals surface area (Å²) in [5, 5.41) is 2.93. The Labute approximate surface area is 135 Å². The lowest BCUT2D eigenvalue weighted by Gasteiger charge is -2.08. The summed E-state index contributed by atoms with van der Waals surface area (Å²) in [5.41, 5.74) is 2.92. The van der Waals surface area contributed by atoms with E-state index in [-0.39, 0.29) is 0 Å². The van der Waals surface area contributed by atoms with Crippen molar-refractivity contribution < 1.29 is 4.74 Å². The number of halogens is 1. The third kappa shape index (κ3) is 2.70. The van der Waals surface area contributed by atoms with Gasteiger partial charge in [0.25, 0.3) is 0 Å². The quantitative estimate of drug-likeness (QED) is 0.580. The molecule has 22 heavy (non-hydrogen) atoms. The molecule has 0 saturated carbocycles. The smallest absolute Gasteiger partial charge is 0.126 e. The third-order valence-corrected chi connectivity index (χ3v) is 4.13. The fourth-order valence-electron chi connectivity index (χ4n) is 2.46. The molecule has 0 amide bonds.